The third kappa shape index (κ3) is 3.10. The number of rotatable bonds is 4. The SMILES string of the molecule is COc1ccccc1[C@H]1CNCCN1S(=O)(=O)c1ccccc1. The van der Waals surface area contributed by atoms with Crippen LogP contribution in [-0.4, -0.2) is 39.5 Å². The summed E-state index contributed by atoms with van der Waals surface area (Å²) in [6.07, 6.45) is 0. The highest BCUT2D eigenvalue weighted by Crippen LogP contribution is 2.33. The molecule has 1 fully saturated rings. The molecule has 122 valence electrons. The summed E-state index contributed by atoms with van der Waals surface area (Å²) in [7, 11) is -1.94. The molecule has 0 bridgehead atoms. The summed E-state index contributed by atoms with van der Waals surface area (Å²) in [5, 5.41) is 3.28. The van der Waals surface area contributed by atoms with Gasteiger partial charge in [-0.2, -0.15) is 4.31 Å². The van der Waals surface area contributed by atoms with Crippen molar-refractivity contribution in [3.63, 3.8) is 0 Å². The minimum absolute atomic E-state index is 0.287. The molecule has 1 heterocycles. The van der Waals surface area contributed by atoms with Crippen molar-refractivity contribution >= 4 is 10.0 Å². The van der Waals surface area contributed by atoms with Crippen molar-refractivity contribution in [2.24, 2.45) is 0 Å². The van der Waals surface area contributed by atoms with Crippen LogP contribution in [0.5, 0.6) is 5.75 Å². The first-order valence-electron chi connectivity index (χ1n) is 7.55. The maximum Gasteiger partial charge on any atom is 0.243 e. The Morgan fingerprint density at radius 1 is 1.09 bits per heavy atom. The zero-order chi connectivity index (χ0) is 16.3. The second-order valence-electron chi connectivity index (χ2n) is 5.39. The molecule has 5 nitrogen and oxygen atoms in total. The first-order chi connectivity index (χ1) is 11.1. The van der Waals surface area contributed by atoms with Crippen LogP contribution in [0.25, 0.3) is 0 Å². The summed E-state index contributed by atoms with van der Waals surface area (Å²) in [6.45, 7) is 1.63. The quantitative estimate of drug-likeness (QED) is 0.931. The Balaban J connectivity index is 2.03. The number of para-hydroxylation sites is 1. The molecule has 0 saturated carbocycles. The lowest BCUT2D eigenvalue weighted by molar-refractivity contribution is 0.264. The number of ether oxygens (including phenoxy) is 1. The van der Waals surface area contributed by atoms with Crippen molar-refractivity contribution in [2.75, 3.05) is 26.7 Å². The minimum Gasteiger partial charge on any atom is -0.496 e. The van der Waals surface area contributed by atoms with Gasteiger partial charge in [-0.1, -0.05) is 36.4 Å². The Hall–Kier alpha value is -1.89. The molecular weight excluding hydrogens is 312 g/mol. The van der Waals surface area contributed by atoms with Gasteiger partial charge in [0.05, 0.1) is 18.0 Å². The zero-order valence-corrected chi connectivity index (χ0v) is 13.8. The lowest BCUT2D eigenvalue weighted by Crippen LogP contribution is -2.48. The number of hydrogen-bond acceptors (Lipinski definition) is 4. The number of nitrogens with one attached hydrogen (secondary N) is 1. The van der Waals surface area contributed by atoms with E-state index >= 15 is 0 Å². The Morgan fingerprint density at radius 2 is 1.78 bits per heavy atom. The van der Waals surface area contributed by atoms with Gasteiger partial charge in [0.25, 0.3) is 0 Å². The summed E-state index contributed by atoms with van der Waals surface area (Å²) in [6, 6.07) is 15.8. The van der Waals surface area contributed by atoms with E-state index in [1.165, 1.54) is 0 Å². The van der Waals surface area contributed by atoms with E-state index in [-0.39, 0.29) is 6.04 Å². The van der Waals surface area contributed by atoms with Gasteiger partial charge in [-0.25, -0.2) is 8.42 Å². The Kier molecular flexibility index (Phi) is 4.66. The standard InChI is InChI=1S/C17H20N2O3S/c1-22-17-10-6-5-9-15(17)16-13-18-11-12-19(16)23(20,21)14-7-3-2-4-8-14/h2-10,16,18H,11-13H2,1H3/t16-/m1/s1. The molecule has 0 unspecified atom stereocenters. The summed E-state index contributed by atoms with van der Waals surface area (Å²) in [5.74, 6) is 0.703. The molecule has 0 spiro atoms. The van der Waals surface area contributed by atoms with E-state index in [1.54, 1.807) is 35.7 Å². The van der Waals surface area contributed by atoms with Gasteiger partial charge < -0.3 is 10.1 Å². The molecule has 0 radical (unpaired) electrons. The molecule has 1 saturated heterocycles. The van der Waals surface area contributed by atoms with Crippen molar-refractivity contribution in [3.8, 4) is 5.75 Å². The number of benzene rings is 2. The highest BCUT2D eigenvalue weighted by atomic mass is 32.2. The molecule has 0 aliphatic carbocycles. The van der Waals surface area contributed by atoms with Crippen LogP contribution >= 0.6 is 0 Å². The molecule has 0 amide bonds. The van der Waals surface area contributed by atoms with Crippen molar-refractivity contribution in [2.45, 2.75) is 10.9 Å². The fourth-order valence-electron chi connectivity index (χ4n) is 2.91. The third-order valence-electron chi connectivity index (χ3n) is 4.04. The number of nitrogens with zero attached hydrogens (tertiary/aromatic N) is 1. The van der Waals surface area contributed by atoms with E-state index < -0.39 is 10.0 Å². The summed E-state index contributed by atoms with van der Waals surface area (Å²) < 4.78 is 33.0. The van der Waals surface area contributed by atoms with E-state index in [9.17, 15) is 8.42 Å². The van der Waals surface area contributed by atoms with Crippen LogP contribution < -0.4 is 10.1 Å². The first kappa shape index (κ1) is 16.0. The van der Waals surface area contributed by atoms with Gasteiger partial charge in [0, 0.05) is 25.2 Å². The normalized spacial score (nSPS) is 19.4. The van der Waals surface area contributed by atoms with Crippen LogP contribution in [0.4, 0.5) is 0 Å². The van der Waals surface area contributed by atoms with Gasteiger partial charge in [0.1, 0.15) is 5.75 Å². The van der Waals surface area contributed by atoms with Gasteiger partial charge in [0.15, 0.2) is 0 Å². The molecule has 1 aliphatic rings. The van der Waals surface area contributed by atoms with E-state index in [1.807, 2.05) is 30.3 Å². The van der Waals surface area contributed by atoms with E-state index in [4.69, 9.17) is 4.74 Å². The van der Waals surface area contributed by atoms with Crippen LogP contribution in [0.15, 0.2) is 59.5 Å². The van der Waals surface area contributed by atoms with Gasteiger partial charge in [-0.3, -0.25) is 0 Å². The second-order valence-corrected chi connectivity index (χ2v) is 7.28. The predicted molar refractivity (Wildman–Crippen MR) is 88.9 cm³/mol. The molecule has 23 heavy (non-hydrogen) atoms. The molecule has 1 atom stereocenters. The average molecular weight is 332 g/mol. The molecule has 6 heteroatoms. The molecule has 1 N–H and O–H groups in total. The topological polar surface area (TPSA) is 58.6 Å². The number of methoxy groups -OCH3 is 1. The first-order valence-corrected chi connectivity index (χ1v) is 8.99. The van der Waals surface area contributed by atoms with Gasteiger partial charge in [-0.05, 0) is 18.2 Å². The fraction of sp³-hybridized carbons (Fsp3) is 0.294. The van der Waals surface area contributed by atoms with Crippen molar-refractivity contribution in [1.82, 2.24) is 9.62 Å². The van der Waals surface area contributed by atoms with E-state index in [2.05, 4.69) is 5.32 Å². The maximum absolute atomic E-state index is 13.0. The molecular formula is C17H20N2O3S. The Morgan fingerprint density at radius 3 is 2.52 bits per heavy atom. The van der Waals surface area contributed by atoms with Crippen LogP contribution in [0.1, 0.15) is 11.6 Å². The van der Waals surface area contributed by atoms with Crippen LogP contribution in [0.3, 0.4) is 0 Å². The largest absolute Gasteiger partial charge is 0.496 e. The number of hydrogen-bond donors (Lipinski definition) is 1. The lowest BCUT2D eigenvalue weighted by Gasteiger charge is -2.36. The van der Waals surface area contributed by atoms with Crippen molar-refractivity contribution in [1.29, 1.82) is 0 Å². The van der Waals surface area contributed by atoms with E-state index in [0.29, 0.717) is 30.3 Å². The molecule has 3 rings (SSSR count). The van der Waals surface area contributed by atoms with Crippen molar-refractivity contribution < 1.29 is 13.2 Å². The molecule has 2 aromatic carbocycles. The third-order valence-corrected chi connectivity index (χ3v) is 5.96. The predicted octanol–water partition coefficient (Wildman–Crippen LogP) is 2.03. The van der Waals surface area contributed by atoms with Crippen molar-refractivity contribution in [3.05, 3.63) is 60.2 Å². The highest BCUT2D eigenvalue weighted by Gasteiger charge is 2.35. The zero-order valence-electron chi connectivity index (χ0n) is 13.0. The van der Waals surface area contributed by atoms with Crippen LogP contribution in [0, 0.1) is 0 Å². The molecule has 1 aliphatic heterocycles. The smallest absolute Gasteiger partial charge is 0.243 e. The summed E-state index contributed by atoms with van der Waals surface area (Å²) in [5.41, 5.74) is 0.877. The molecule has 2 aromatic rings. The average Bonchev–Trinajstić information content (AvgIpc) is 2.62. The lowest BCUT2D eigenvalue weighted by atomic mass is 10.0. The Labute approximate surface area is 136 Å². The van der Waals surface area contributed by atoms with Crippen LogP contribution in [0.2, 0.25) is 0 Å². The van der Waals surface area contributed by atoms with E-state index in [0.717, 1.165) is 5.56 Å². The monoisotopic (exact) mass is 332 g/mol. The highest BCUT2D eigenvalue weighted by molar-refractivity contribution is 7.89. The minimum atomic E-state index is -3.55. The van der Waals surface area contributed by atoms with Gasteiger partial charge in [-0.15, -0.1) is 0 Å². The summed E-state index contributed by atoms with van der Waals surface area (Å²) >= 11 is 0. The van der Waals surface area contributed by atoms with Gasteiger partial charge >= 0.3 is 0 Å². The van der Waals surface area contributed by atoms with Gasteiger partial charge in [0.2, 0.25) is 10.0 Å². The molecule has 0 aromatic heterocycles. The fourth-order valence-corrected chi connectivity index (χ4v) is 4.53. The van der Waals surface area contributed by atoms with Crippen LogP contribution in [-0.2, 0) is 10.0 Å². The number of piperazine rings is 1. The maximum atomic E-state index is 13.0. The second kappa shape index (κ2) is 6.70. The number of sulfonamides is 1. The Bertz CT molecular complexity index is 762. The summed E-state index contributed by atoms with van der Waals surface area (Å²) in [4.78, 5) is 0.321.